The van der Waals surface area contributed by atoms with E-state index >= 15 is 0 Å². The largest absolute Gasteiger partial charge is 0.422 e. The number of rotatable bonds is 23. The second kappa shape index (κ2) is 24.9. The number of unbranched alkanes of at least 4 members (excludes halogenated alkanes) is 17. The fraction of sp³-hybridized carbons (Fsp3) is 0.778. The summed E-state index contributed by atoms with van der Waals surface area (Å²) in [5, 5.41) is 0. The number of cyclic esters (lactones) is 4. The molecular weight excluding hydrogens is 544 g/mol. The van der Waals surface area contributed by atoms with Crippen LogP contribution in [0.2, 0.25) is 0 Å². The molecule has 1 aliphatic heterocycles. The molecule has 0 aromatic heterocycles. The molecule has 1 aliphatic rings. The van der Waals surface area contributed by atoms with Gasteiger partial charge in [0.05, 0.1) is 18.8 Å². The van der Waals surface area contributed by atoms with Crippen LogP contribution in [0.1, 0.15) is 168 Å². The SMILES string of the molecule is CCCCCCC=CC(CCCCCCCCCCCCCCCC)C1(CC)OC(=O)/C=C\C(=O)OC(=O)CCC(=O)O1. The second-order valence-electron chi connectivity index (χ2n) is 12.0. The van der Waals surface area contributed by atoms with Gasteiger partial charge in [0, 0.05) is 18.6 Å². The van der Waals surface area contributed by atoms with Crippen molar-refractivity contribution in [2.24, 2.45) is 5.92 Å². The molecule has 1 rings (SSSR count). The Hall–Kier alpha value is -2.44. The van der Waals surface area contributed by atoms with E-state index in [9.17, 15) is 19.2 Å². The van der Waals surface area contributed by atoms with Crippen LogP contribution in [0.5, 0.6) is 0 Å². The lowest BCUT2D eigenvalue weighted by Crippen LogP contribution is -2.46. The number of hydrogen-bond acceptors (Lipinski definition) is 7. The Bertz CT molecular complexity index is 847. The third-order valence-electron chi connectivity index (χ3n) is 8.18. The highest BCUT2D eigenvalue weighted by atomic mass is 16.7. The van der Waals surface area contributed by atoms with Gasteiger partial charge in [0.2, 0.25) is 0 Å². The van der Waals surface area contributed by atoms with E-state index in [1.165, 1.54) is 83.5 Å². The summed E-state index contributed by atoms with van der Waals surface area (Å²) in [6.07, 6.45) is 29.6. The molecule has 0 aromatic rings. The molecule has 246 valence electrons. The summed E-state index contributed by atoms with van der Waals surface area (Å²) < 4.78 is 16.3. The van der Waals surface area contributed by atoms with Gasteiger partial charge in [-0.2, -0.15) is 0 Å². The molecule has 1 heterocycles. The summed E-state index contributed by atoms with van der Waals surface area (Å²) in [5.41, 5.74) is 0. The summed E-state index contributed by atoms with van der Waals surface area (Å²) in [6, 6.07) is 0. The van der Waals surface area contributed by atoms with E-state index in [0.717, 1.165) is 50.7 Å². The second-order valence-corrected chi connectivity index (χ2v) is 12.0. The molecule has 2 unspecified atom stereocenters. The lowest BCUT2D eigenvalue weighted by Gasteiger charge is -2.37. The van der Waals surface area contributed by atoms with Gasteiger partial charge < -0.3 is 14.2 Å². The number of esters is 4. The molecule has 7 nitrogen and oxygen atoms in total. The van der Waals surface area contributed by atoms with Crippen molar-refractivity contribution in [1.82, 2.24) is 0 Å². The smallest absolute Gasteiger partial charge is 0.338 e. The van der Waals surface area contributed by atoms with E-state index in [-0.39, 0.29) is 25.2 Å². The summed E-state index contributed by atoms with van der Waals surface area (Å²) in [5.74, 6) is -5.14. The third-order valence-corrected chi connectivity index (χ3v) is 8.18. The zero-order chi connectivity index (χ0) is 31.6. The summed E-state index contributed by atoms with van der Waals surface area (Å²) >= 11 is 0. The van der Waals surface area contributed by atoms with Crippen molar-refractivity contribution in [2.45, 2.75) is 174 Å². The van der Waals surface area contributed by atoms with Gasteiger partial charge in [-0.15, -0.1) is 0 Å². The molecule has 2 atom stereocenters. The molecule has 0 saturated carbocycles. The van der Waals surface area contributed by atoms with Gasteiger partial charge in [-0.1, -0.05) is 142 Å². The Balaban J connectivity index is 2.75. The average Bonchev–Trinajstić information content (AvgIpc) is 2.99. The molecule has 0 radical (unpaired) electrons. The van der Waals surface area contributed by atoms with Crippen LogP contribution >= 0.6 is 0 Å². The molecule has 43 heavy (non-hydrogen) atoms. The minimum atomic E-state index is -1.51. The predicted octanol–water partition coefficient (Wildman–Crippen LogP) is 9.61. The van der Waals surface area contributed by atoms with E-state index in [0.29, 0.717) is 6.42 Å². The minimum Gasteiger partial charge on any atom is -0.422 e. The van der Waals surface area contributed by atoms with E-state index in [2.05, 4.69) is 24.7 Å². The van der Waals surface area contributed by atoms with Crippen LogP contribution < -0.4 is 0 Å². The van der Waals surface area contributed by atoms with E-state index in [4.69, 9.17) is 9.47 Å². The van der Waals surface area contributed by atoms with Crippen LogP contribution in [-0.2, 0) is 33.4 Å². The quantitative estimate of drug-likeness (QED) is 0.0496. The number of allylic oxidation sites excluding steroid dienone is 1. The Morgan fingerprint density at radius 2 is 1.12 bits per heavy atom. The Kier molecular flexibility index (Phi) is 22.4. The van der Waals surface area contributed by atoms with Crippen molar-refractivity contribution < 1.29 is 33.4 Å². The molecular formula is C36H60O7. The fourth-order valence-electron chi connectivity index (χ4n) is 5.54. The van der Waals surface area contributed by atoms with E-state index in [1.807, 2.05) is 13.0 Å². The highest BCUT2D eigenvalue weighted by molar-refractivity contribution is 5.97. The van der Waals surface area contributed by atoms with Gasteiger partial charge in [-0.05, 0) is 19.3 Å². The first kappa shape index (κ1) is 38.6. The Morgan fingerprint density at radius 1 is 0.628 bits per heavy atom. The normalized spacial score (nSPS) is 19.8. The maximum atomic E-state index is 12.8. The van der Waals surface area contributed by atoms with Crippen molar-refractivity contribution in [3.63, 3.8) is 0 Å². The van der Waals surface area contributed by atoms with Gasteiger partial charge in [-0.25, -0.2) is 9.59 Å². The van der Waals surface area contributed by atoms with Crippen molar-refractivity contribution in [1.29, 1.82) is 0 Å². The van der Waals surface area contributed by atoms with Crippen molar-refractivity contribution >= 4 is 23.9 Å². The van der Waals surface area contributed by atoms with Crippen LogP contribution in [0.4, 0.5) is 0 Å². The number of carbonyl (C=O) groups excluding carboxylic acids is 4. The van der Waals surface area contributed by atoms with Gasteiger partial charge in [0.25, 0.3) is 5.79 Å². The maximum absolute atomic E-state index is 12.8. The standard InChI is InChI=1S/C36H60O7/c1-4-7-9-11-13-14-15-16-17-18-19-20-22-24-26-31(25-23-21-12-10-8-5-2)36(6-3)42-34(39)29-27-32(37)41-33(38)28-30-35(40)43-36/h23,25,27,29,31H,4-22,24,26,28,30H2,1-3H3/b25-23?,29-27-. The molecule has 0 bridgehead atoms. The molecule has 0 amide bonds. The zero-order valence-corrected chi connectivity index (χ0v) is 27.5. The van der Waals surface area contributed by atoms with E-state index in [1.54, 1.807) is 0 Å². The average molecular weight is 605 g/mol. The third kappa shape index (κ3) is 18.7. The van der Waals surface area contributed by atoms with Crippen molar-refractivity contribution in [2.75, 3.05) is 0 Å². The van der Waals surface area contributed by atoms with Gasteiger partial charge in [-0.3, -0.25) is 9.59 Å². The molecule has 0 saturated heterocycles. The monoisotopic (exact) mass is 604 g/mol. The Morgan fingerprint density at radius 3 is 1.67 bits per heavy atom. The minimum absolute atomic E-state index is 0.250. The number of carbonyl (C=O) groups is 4. The zero-order valence-electron chi connectivity index (χ0n) is 27.5. The topological polar surface area (TPSA) is 96.0 Å². The fourth-order valence-corrected chi connectivity index (χ4v) is 5.54. The molecule has 0 aliphatic carbocycles. The first-order valence-electron chi connectivity index (χ1n) is 17.4. The first-order valence-corrected chi connectivity index (χ1v) is 17.4. The highest BCUT2D eigenvalue weighted by Gasteiger charge is 2.43. The van der Waals surface area contributed by atoms with Crippen LogP contribution in [0.3, 0.4) is 0 Å². The molecule has 0 aromatic carbocycles. The lowest BCUT2D eigenvalue weighted by molar-refractivity contribution is -0.242. The molecule has 0 spiro atoms. The predicted molar refractivity (Wildman–Crippen MR) is 171 cm³/mol. The lowest BCUT2D eigenvalue weighted by atomic mass is 9.88. The summed E-state index contributed by atoms with van der Waals surface area (Å²) in [4.78, 5) is 49.3. The van der Waals surface area contributed by atoms with Gasteiger partial charge in [0.15, 0.2) is 0 Å². The van der Waals surface area contributed by atoms with Crippen LogP contribution in [0.25, 0.3) is 0 Å². The Labute approximate surface area is 261 Å². The van der Waals surface area contributed by atoms with E-state index < -0.39 is 29.7 Å². The highest BCUT2D eigenvalue weighted by Crippen LogP contribution is 2.35. The summed E-state index contributed by atoms with van der Waals surface area (Å²) in [6.45, 7) is 6.26. The van der Waals surface area contributed by atoms with Crippen molar-refractivity contribution in [3.05, 3.63) is 24.3 Å². The number of hydrogen-bond donors (Lipinski definition) is 0. The molecule has 0 N–H and O–H groups in total. The molecule has 0 fully saturated rings. The van der Waals surface area contributed by atoms with Crippen LogP contribution in [0.15, 0.2) is 24.3 Å². The number of ether oxygens (including phenoxy) is 3. The summed E-state index contributed by atoms with van der Waals surface area (Å²) in [7, 11) is 0. The van der Waals surface area contributed by atoms with Crippen molar-refractivity contribution in [3.8, 4) is 0 Å². The maximum Gasteiger partial charge on any atom is 0.338 e. The molecule has 7 heteroatoms. The van der Waals surface area contributed by atoms with Gasteiger partial charge in [0.1, 0.15) is 0 Å². The van der Waals surface area contributed by atoms with Gasteiger partial charge >= 0.3 is 23.9 Å². The first-order chi connectivity index (χ1) is 20.9. The van der Waals surface area contributed by atoms with Crippen LogP contribution in [0, 0.1) is 5.92 Å². The van der Waals surface area contributed by atoms with Crippen LogP contribution in [-0.4, -0.2) is 29.7 Å².